The molecule has 0 fully saturated rings. The molecule has 0 radical (unpaired) electrons. The van der Waals surface area contributed by atoms with Crippen molar-refractivity contribution in [3.05, 3.63) is 58.7 Å². The first-order valence-electron chi connectivity index (χ1n) is 7.35. The van der Waals surface area contributed by atoms with E-state index in [1.54, 1.807) is 11.3 Å². The van der Waals surface area contributed by atoms with E-state index in [4.69, 9.17) is 10.7 Å². The minimum absolute atomic E-state index is 0.486. The average Bonchev–Trinajstić information content (AvgIpc) is 3.03. The largest absolute Gasteiger partial charge is 0.325 e. The lowest BCUT2D eigenvalue weighted by Crippen LogP contribution is -2.03. The second-order valence-electron chi connectivity index (χ2n) is 5.53. The van der Waals surface area contributed by atoms with Gasteiger partial charge in [-0.15, -0.1) is 11.3 Å². The van der Waals surface area contributed by atoms with Crippen LogP contribution in [0, 0.1) is 13.8 Å². The number of nitrogens with zero attached hydrogens (tertiary/aromatic N) is 2. The Kier molecular flexibility index (Phi) is 3.03. The zero-order valence-corrected chi connectivity index (χ0v) is 13.4. The fourth-order valence-electron chi connectivity index (χ4n) is 2.97. The Morgan fingerprint density at radius 3 is 2.64 bits per heavy atom. The number of nitrogens with two attached hydrogens (primary N) is 1. The molecule has 2 aromatic carbocycles. The van der Waals surface area contributed by atoms with Crippen LogP contribution in [0.3, 0.4) is 0 Å². The summed E-state index contributed by atoms with van der Waals surface area (Å²) in [7, 11) is 0. The molecule has 0 aliphatic rings. The van der Waals surface area contributed by atoms with Gasteiger partial charge in [-0.1, -0.05) is 36.4 Å². The van der Waals surface area contributed by atoms with Crippen LogP contribution >= 0.6 is 11.3 Å². The van der Waals surface area contributed by atoms with Gasteiger partial charge in [-0.3, -0.25) is 4.40 Å². The SMILES string of the molecule is Cc1sc2nc(-c3ccc4ccccc4c3)c(CN)n2c1C. The van der Waals surface area contributed by atoms with E-state index >= 15 is 0 Å². The van der Waals surface area contributed by atoms with Gasteiger partial charge in [-0.2, -0.15) is 0 Å². The summed E-state index contributed by atoms with van der Waals surface area (Å²) in [6.45, 7) is 4.74. The lowest BCUT2D eigenvalue weighted by molar-refractivity contribution is 0.941. The van der Waals surface area contributed by atoms with Crippen molar-refractivity contribution in [3.8, 4) is 11.3 Å². The number of aromatic nitrogens is 2. The van der Waals surface area contributed by atoms with Crippen molar-refractivity contribution in [3.63, 3.8) is 0 Å². The summed E-state index contributed by atoms with van der Waals surface area (Å²) >= 11 is 1.72. The standard InChI is InChI=1S/C18H17N3S/c1-11-12(2)22-18-20-17(16(10-19)21(11)18)15-8-7-13-5-3-4-6-14(13)9-15/h3-9H,10,19H2,1-2H3. The van der Waals surface area contributed by atoms with E-state index in [9.17, 15) is 0 Å². The quantitative estimate of drug-likeness (QED) is 0.600. The molecule has 110 valence electrons. The van der Waals surface area contributed by atoms with E-state index in [2.05, 4.69) is 60.7 Å². The van der Waals surface area contributed by atoms with Crippen molar-refractivity contribution < 1.29 is 0 Å². The number of fused-ring (bicyclic) bond motifs is 2. The van der Waals surface area contributed by atoms with Crippen LogP contribution in [0.15, 0.2) is 42.5 Å². The minimum atomic E-state index is 0.486. The van der Waals surface area contributed by atoms with E-state index in [1.807, 2.05) is 0 Å². The van der Waals surface area contributed by atoms with Crippen LogP contribution in [-0.4, -0.2) is 9.38 Å². The van der Waals surface area contributed by atoms with Crippen LogP contribution < -0.4 is 5.73 Å². The van der Waals surface area contributed by atoms with E-state index < -0.39 is 0 Å². The molecule has 3 nitrogen and oxygen atoms in total. The summed E-state index contributed by atoms with van der Waals surface area (Å²) in [4.78, 5) is 7.16. The molecular weight excluding hydrogens is 290 g/mol. The summed E-state index contributed by atoms with van der Waals surface area (Å²) in [6.07, 6.45) is 0. The fourth-order valence-corrected chi connectivity index (χ4v) is 3.96. The molecule has 0 bridgehead atoms. The Balaban J connectivity index is 1.99. The minimum Gasteiger partial charge on any atom is -0.325 e. The normalized spacial score (nSPS) is 11.6. The average molecular weight is 307 g/mol. The molecule has 0 atom stereocenters. The highest BCUT2D eigenvalue weighted by Crippen LogP contribution is 2.31. The van der Waals surface area contributed by atoms with Gasteiger partial charge in [-0.05, 0) is 30.7 Å². The van der Waals surface area contributed by atoms with Gasteiger partial charge in [0.2, 0.25) is 0 Å². The number of hydrogen-bond donors (Lipinski definition) is 1. The Morgan fingerprint density at radius 1 is 1.09 bits per heavy atom. The van der Waals surface area contributed by atoms with Gasteiger partial charge >= 0.3 is 0 Å². The number of imidazole rings is 1. The first-order valence-corrected chi connectivity index (χ1v) is 8.17. The number of thiazole rings is 1. The molecule has 0 spiro atoms. The van der Waals surface area contributed by atoms with Crippen LogP contribution in [0.2, 0.25) is 0 Å². The third-order valence-corrected chi connectivity index (χ3v) is 5.31. The van der Waals surface area contributed by atoms with Crippen LogP contribution in [0.1, 0.15) is 16.3 Å². The topological polar surface area (TPSA) is 43.3 Å². The van der Waals surface area contributed by atoms with Crippen molar-refractivity contribution in [2.24, 2.45) is 5.73 Å². The summed E-state index contributed by atoms with van der Waals surface area (Å²) in [5, 5.41) is 2.47. The molecule has 0 saturated carbocycles. The smallest absolute Gasteiger partial charge is 0.194 e. The zero-order chi connectivity index (χ0) is 15.3. The third-order valence-electron chi connectivity index (χ3n) is 4.25. The molecule has 2 N–H and O–H groups in total. The van der Waals surface area contributed by atoms with E-state index in [0.29, 0.717) is 6.54 Å². The zero-order valence-electron chi connectivity index (χ0n) is 12.6. The second kappa shape index (κ2) is 4.93. The van der Waals surface area contributed by atoms with Crippen LogP contribution in [0.4, 0.5) is 0 Å². The Morgan fingerprint density at radius 2 is 1.86 bits per heavy atom. The summed E-state index contributed by atoms with van der Waals surface area (Å²) in [5.41, 5.74) is 10.5. The molecule has 22 heavy (non-hydrogen) atoms. The van der Waals surface area contributed by atoms with Gasteiger partial charge in [0, 0.05) is 22.7 Å². The molecule has 0 aliphatic heterocycles. The maximum atomic E-state index is 6.03. The molecule has 0 amide bonds. The summed E-state index contributed by atoms with van der Waals surface area (Å²) in [6, 6.07) is 14.9. The number of rotatable bonds is 2. The third kappa shape index (κ3) is 1.88. The molecule has 4 heteroatoms. The molecule has 4 rings (SSSR count). The lowest BCUT2D eigenvalue weighted by Gasteiger charge is -2.05. The van der Waals surface area contributed by atoms with Crippen molar-refractivity contribution >= 4 is 27.1 Å². The number of benzene rings is 2. The second-order valence-corrected chi connectivity index (χ2v) is 6.72. The monoisotopic (exact) mass is 307 g/mol. The van der Waals surface area contributed by atoms with Crippen LogP contribution in [0.25, 0.3) is 27.0 Å². The Labute approximate surface area is 133 Å². The first-order chi connectivity index (χ1) is 10.7. The number of hydrogen-bond acceptors (Lipinski definition) is 3. The number of aryl methyl sites for hydroxylation is 2. The van der Waals surface area contributed by atoms with E-state index in [0.717, 1.165) is 21.9 Å². The summed E-state index contributed by atoms with van der Waals surface area (Å²) in [5.74, 6) is 0. The van der Waals surface area contributed by atoms with Crippen molar-refractivity contribution in [1.29, 1.82) is 0 Å². The van der Waals surface area contributed by atoms with E-state index in [1.165, 1.54) is 21.3 Å². The molecule has 0 unspecified atom stereocenters. The lowest BCUT2D eigenvalue weighted by atomic mass is 10.0. The van der Waals surface area contributed by atoms with Gasteiger partial charge < -0.3 is 5.73 Å². The molecular formula is C18H17N3S. The fraction of sp³-hybridized carbons (Fsp3) is 0.167. The molecule has 2 aromatic heterocycles. The van der Waals surface area contributed by atoms with Gasteiger partial charge in [0.15, 0.2) is 4.96 Å². The van der Waals surface area contributed by atoms with Gasteiger partial charge in [-0.25, -0.2) is 4.98 Å². The first kappa shape index (κ1) is 13.5. The van der Waals surface area contributed by atoms with Crippen molar-refractivity contribution in [2.45, 2.75) is 20.4 Å². The maximum Gasteiger partial charge on any atom is 0.194 e. The predicted molar refractivity (Wildman–Crippen MR) is 93.4 cm³/mol. The molecule has 0 saturated heterocycles. The van der Waals surface area contributed by atoms with E-state index in [-0.39, 0.29) is 0 Å². The Hall–Kier alpha value is -2.17. The highest BCUT2D eigenvalue weighted by molar-refractivity contribution is 7.17. The molecule has 4 aromatic rings. The van der Waals surface area contributed by atoms with Gasteiger partial charge in [0.05, 0.1) is 11.4 Å². The highest BCUT2D eigenvalue weighted by atomic mass is 32.1. The predicted octanol–water partition coefficient (Wildman–Crippen LogP) is 4.29. The van der Waals surface area contributed by atoms with Gasteiger partial charge in [0.1, 0.15) is 0 Å². The van der Waals surface area contributed by atoms with Crippen LogP contribution in [0.5, 0.6) is 0 Å². The maximum absolute atomic E-state index is 6.03. The summed E-state index contributed by atoms with van der Waals surface area (Å²) < 4.78 is 2.20. The molecule has 0 aliphatic carbocycles. The molecule has 2 heterocycles. The van der Waals surface area contributed by atoms with Crippen molar-refractivity contribution in [2.75, 3.05) is 0 Å². The van der Waals surface area contributed by atoms with Gasteiger partial charge in [0.25, 0.3) is 0 Å². The van der Waals surface area contributed by atoms with Crippen LogP contribution in [-0.2, 0) is 6.54 Å². The van der Waals surface area contributed by atoms with Crippen molar-refractivity contribution in [1.82, 2.24) is 9.38 Å². The highest BCUT2D eigenvalue weighted by Gasteiger charge is 2.17. The Bertz CT molecular complexity index is 994.